The Hall–Kier alpha value is -0.900. The van der Waals surface area contributed by atoms with Crippen molar-refractivity contribution < 1.29 is 4.39 Å². The van der Waals surface area contributed by atoms with Crippen LogP contribution in [0.1, 0.15) is 35.2 Å². The Morgan fingerprint density at radius 2 is 1.95 bits per heavy atom. The van der Waals surface area contributed by atoms with Gasteiger partial charge in [-0.05, 0) is 37.2 Å². The van der Waals surface area contributed by atoms with Crippen molar-refractivity contribution in [2.75, 3.05) is 6.54 Å². The summed E-state index contributed by atoms with van der Waals surface area (Å²) in [6, 6.07) is 9.05. The maximum absolute atomic E-state index is 14.1. The molecule has 1 unspecified atom stereocenters. The molecule has 0 aliphatic heterocycles. The van der Waals surface area contributed by atoms with Crippen molar-refractivity contribution in [3.63, 3.8) is 0 Å². The van der Waals surface area contributed by atoms with E-state index in [1.807, 2.05) is 6.92 Å². The van der Waals surface area contributed by atoms with E-state index in [0.29, 0.717) is 10.6 Å². The molecule has 2 aromatic rings. The molecule has 108 valence electrons. The van der Waals surface area contributed by atoms with Crippen molar-refractivity contribution in [1.29, 1.82) is 0 Å². The minimum Gasteiger partial charge on any atom is -0.310 e. The largest absolute Gasteiger partial charge is 0.310 e. The molecule has 0 saturated carbocycles. The summed E-state index contributed by atoms with van der Waals surface area (Å²) >= 11 is 7.97. The number of aryl methyl sites for hydroxylation is 1. The standard InChI is InChI=1S/C16H19ClFNS/c1-3-11-8-9-12(20-11)10-15(19-4-2)16-13(17)6-5-7-14(16)18/h5-9,15,19H,3-4,10H2,1-2H3. The molecule has 1 heterocycles. The average molecular weight is 312 g/mol. The fourth-order valence-corrected chi connectivity index (χ4v) is 3.59. The van der Waals surface area contributed by atoms with Crippen LogP contribution in [-0.2, 0) is 12.8 Å². The van der Waals surface area contributed by atoms with Crippen LogP contribution >= 0.6 is 22.9 Å². The molecule has 1 atom stereocenters. The second-order valence-electron chi connectivity index (χ2n) is 4.67. The van der Waals surface area contributed by atoms with Crippen LogP contribution in [0.2, 0.25) is 5.02 Å². The lowest BCUT2D eigenvalue weighted by Gasteiger charge is -2.19. The number of halogens is 2. The summed E-state index contributed by atoms with van der Waals surface area (Å²) in [7, 11) is 0. The third kappa shape index (κ3) is 3.60. The van der Waals surface area contributed by atoms with Gasteiger partial charge in [0.25, 0.3) is 0 Å². The number of thiophene rings is 1. The maximum atomic E-state index is 14.1. The van der Waals surface area contributed by atoms with Gasteiger partial charge in [-0.1, -0.05) is 31.5 Å². The molecular weight excluding hydrogens is 293 g/mol. The summed E-state index contributed by atoms with van der Waals surface area (Å²) in [5, 5.41) is 3.83. The van der Waals surface area contributed by atoms with Crippen LogP contribution in [0, 0.1) is 5.82 Å². The number of rotatable bonds is 6. The Kier molecular flexibility index (Phi) is 5.58. The van der Waals surface area contributed by atoms with E-state index in [1.165, 1.54) is 15.8 Å². The van der Waals surface area contributed by atoms with Crippen LogP contribution < -0.4 is 5.32 Å². The highest BCUT2D eigenvalue weighted by molar-refractivity contribution is 7.11. The molecule has 0 amide bonds. The van der Waals surface area contributed by atoms with Gasteiger partial charge in [0, 0.05) is 32.8 Å². The fraction of sp³-hybridized carbons (Fsp3) is 0.375. The molecule has 0 radical (unpaired) electrons. The van der Waals surface area contributed by atoms with Gasteiger partial charge < -0.3 is 5.32 Å². The molecule has 1 aromatic heterocycles. The monoisotopic (exact) mass is 311 g/mol. The highest BCUT2D eigenvalue weighted by Crippen LogP contribution is 2.30. The highest BCUT2D eigenvalue weighted by atomic mass is 35.5. The van der Waals surface area contributed by atoms with Crippen molar-refractivity contribution in [1.82, 2.24) is 5.32 Å². The zero-order chi connectivity index (χ0) is 14.5. The SMILES string of the molecule is CCNC(Cc1ccc(CC)s1)c1c(F)cccc1Cl. The first-order valence-corrected chi connectivity index (χ1v) is 8.10. The Bertz CT molecular complexity index is 547. The summed E-state index contributed by atoms with van der Waals surface area (Å²) in [4.78, 5) is 2.61. The Balaban J connectivity index is 2.26. The zero-order valence-electron chi connectivity index (χ0n) is 11.7. The normalized spacial score (nSPS) is 12.6. The van der Waals surface area contributed by atoms with Crippen LogP contribution in [0.15, 0.2) is 30.3 Å². The third-order valence-corrected chi connectivity index (χ3v) is 4.85. The molecule has 1 aromatic carbocycles. The molecule has 0 aliphatic rings. The Morgan fingerprint density at radius 1 is 1.20 bits per heavy atom. The van der Waals surface area contributed by atoms with Gasteiger partial charge in [0.1, 0.15) is 5.82 Å². The van der Waals surface area contributed by atoms with Crippen molar-refractivity contribution in [3.05, 3.63) is 56.5 Å². The highest BCUT2D eigenvalue weighted by Gasteiger charge is 2.19. The number of likely N-dealkylation sites (N-methyl/N-ethyl adjacent to an activating group) is 1. The van der Waals surface area contributed by atoms with Crippen LogP contribution in [0.25, 0.3) is 0 Å². The van der Waals surface area contributed by atoms with Gasteiger partial charge in [-0.3, -0.25) is 0 Å². The maximum Gasteiger partial charge on any atom is 0.129 e. The van der Waals surface area contributed by atoms with Gasteiger partial charge >= 0.3 is 0 Å². The number of nitrogens with one attached hydrogen (secondary N) is 1. The van der Waals surface area contributed by atoms with Gasteiger partial charge in [0.05, 0.1) is 0 Å². The Labute approximate surface area is 128 Å². The van der Waals surface area contributed by atoms with E-state index in [2.05, 4.69) is 24.4 Å². The predicted octanol–water partition coefficient (Wildman–Crippen LogP) is 5.00. The second kappa shape index (κ2) is 7.21. The van der Waals surface area contributed by atoms with Gasteiger partial charge in [-0.2, -0.15) is 0 Å². The fourth-order valence-electron chi connectivity index (χ4n) is 2.29. The first-order chi connectivity index (χ1) is 9.65. The van der Waals surface area contributed by atoms with Gasteiger partial charge in [0.2, 0.25) is 0 Å². The summed E-state index contributed by atoms with van der Waals surface area (Å²) in [6.07, 6.45) is 1.80. The number of benzene rings is 1. The van der Waals surface area contributed by atoms with Crippen molar-refractivity contribution in [3.8, 4) is 0 Å². The number of hydrogen-bond acceptors (Lipinski definition) is 2. The molecule has 0 fully saturated rings. The van der Waals surface area contributed by atoms with E-state index < -0.39 is 0 Å². The summed E-state index contributed by atoms with van der Waals surface area (Å²) in [5.41, 5.74) is 0.572. The van der Waals surface area contributed by atoms with E-state index >= 15 is 0 Å². The van der Waals surface area contributed by atoms with Crippen molar-refractivity contribution in [2.24, 2.45) is 0 Å². The number of hydrogen-bond donors (Lipinski definition) is 1. The third-order valence-electron chi connectivity index (χ3n) is 3.27. The van der Waals surface area contributed by atoms with E-state index in [-0.39, 0.29) is 11.9 Å². The smallest absolute Gasteiger partial charge is 0.129 e. The van der Waals surface area contributed by atoms with Crippen molar-refractivity contribution in [2.45, 2.75) is 32.7 Å². The van der Waals surface area contributed by atoms with E-state index in [1.54, 1.807) is 23.5 Å². The average Bonchev–Trinajstić information content (AvgIpc) is 2.86. The molecule has 0 aliphatic carbocycles. The Morgan fingerprint density at radius 3 is 2.55 bits per heavy atom. The zero-order valence-corrected chi connectivity index (χ0v) is 13.3. The molecular formula is C16H19ClFNS. The van der Waals surface area contributed by atoms with Crippen molar-refractivity contribution >= 4 is 22.9 Å². The second-order valence-corrected chi connectivity index (χ2v) is 6.33. The van der Waals surface area contributed by atoms with Crippen LogP contribution in [-0.4, -0.2) is 6.54 Å². The molecule has 0 bridgehead atoms. The minimum absolute atomic E-state index is 0.0861. The molecule has 20 heavy (non-hydrogen) atoms. The quantitative estimate of drug-likeness (QED) is 0.792. The molecule has 4 heteroatoms. The lowest BCUT2D eigenvalue weighted by atomic mass is 10.0. The van der Waals surface area contributed by atoms with Crippen LogP contribution in [0.4, 0.5) is 4.39 Å². The molecule has 2 rings (SSSR count). The van der Waals surface area contributed by atoms with E-state index in [0.717, 1.165) is 19.4 Å². The molecule has 0 spiro atoms. The van der Waals surface area contributed by atoms with E-state index in [4.69, 9.17) is 11.6 Å². The molecule has 0 saturated heterocycles. The lowest BCUT2D eigenvalue weighted by molar-refractivity contribution is 0.512. The van der Waals surface area contributed by atoms with Crippen LogP contribution in [0.3, 0.4) is 0 Å². The predicted molar refractivity (Wildman–Crippen MR) is 85.2 cm³/mol. The summed E-state index contributed by atoms with van der Waals surface area (Å²) in [6.45, 7) is 4.94. The van der Waals surface area contributed by atoms with Crippen LogP contribution in [0.5, 0.6) is 0 Å². The van der Waals surface area contributed by atoms with Gasteiger partial charge in [-0.25, -0.2) is 4.39 Å². The summed E-state index contributed by atoms with van der Waals surface area (Å²) in [5.74, 6) is -0.240. The minimum atomic E-state index is -0.240. The first-order valence-electron chi connectivity index (χ1n) is 6.90. The lowest BCUT2D eigenvalue weighted by Crippen LogP contribution is -2.24. The topological polar surface area (TPSA) is 12.0 Å². The van der Waals surface area contributed by atoms with Gasteiger partial charge in [-0.15, -0.1) is 11.3 Å². The first kappa shape index (κ1) is 15.5. The molecule has 1 N–H and O–H groups in total. The van der Waals surface area contributed by atoms with E-state index in [9.17, 15) is 4.39 Å². The molecule has 1 nitrogen and oxygen atoms in total. The van der Waals surface area contributed by atoms with Gasteiger partial charge in [0.15, 0.2) is 0 Å². The summed E-state index contributed by atoms with van der Waals surface area (Å²) < 4.78 is 14.1.